The molecule has 1 unspecified atom stereocenters. The number of ether oxygens (including phenoxy) is 1. The molecule has 3 rings (SSSR count). The van der Waals surface area contributed by atoms with Crippen LogP contribution in [0.2, 0.25) is 0 Å². The summed E-state index contributed by atoms with van der Waals surface area (Å²) in [5.74, 6) is 2.03. The number of carbonyl (C=O) groups excluding carboxylic acids is 1. The number of aromatic nitrogens is 3. The molecule has 2 aliphatic rings. The number of hydrogen-bond acceptors (Lipinski definition) is 4. The largest absolute Gasteiger partial charge is 0.380 e. The molecule has 3 atom stereocenters. The fourth-order valence-electron chi connectivity index (χ4n) is 2.66. The quantitative estimate of drug-likeness (QED) is 0.857. The third-order valence-electron chi connectivity index (χ3n) is 4.00. The third kappa shape index (κ3) is 2.54. The number of methoxy groups -OCH3 is 1. The Kier molecular flexibility index (Phi) is 3.69. The van der Waals surface area contributed by atoms with E-state index in [0.717, 1.165) is 30.9 Å². The molecule has 110 valence electrons. The molecule has 1 N–H and O–H groups in total. The molecule has 7 heteroatoms. The van der Waals surface area contributed by atoms with Gasteiger partial charge in [-0.1, -0.05) is 0 Å². The second-order valence-corrected chi connectivity index (χ2v) is 6.22. The molecule has 1 aromatic rings. The third-order valence-corrected chi connectivity index (χ3v) is 4.18. The van der Waals surface area contributed by atoms with Crippen molar-refractivity contribution in [2.24, 2.45) is 0 Å². The first-order valence-corrected chi connectivity index (χ1v) is 7.43. The lowest BCUT2D eigenvalue weighted by atomic mass is 10.2. The lowest BCUT2D eigenvalue weighted by molar-refractivity contribution is -0.131. The van der Waals surface area contributed by atoms with E-state index >= 15 is 0 Å². The van der Waals surface area contributed by atoms with Crippen LogP contribution in [0.1, 0.15) is 49.8 Å². The van der Waals surface area contributed by atoms with Crippen LogP contribution < -0.4 is 0 Å². The number of aromatic amines is 1. The molecule has 0 aromatic carbocycles. The van der Waals surface area contributed by atoms with E-state index in [-0.39, 0.29) is 18.1 Å². The summed E-state index contributed by atoms with van der Waals surface area (Å²) in [6, 6.07) is -0.117. The predicted octanol–water partition coefficient (Wildman–Crippen LogP) is 1.60. The zero-order valence-electron chi connectivity index (χ0n) is 11.7. The smallest absolute Gasteiger partial charge is 0.241 e. The number of nitrogens with zero attached hydrogens (tertiary/aromatic N) is 3. The highest BCUT2D eigenvalue weighted by molar-refractivity contribution is 6.30. The number of carbonyl (C=O) groups is 1. The van der Waals surface area contributed by atoms with Crippen LogP contribution >= 0.6 is 11.6 Å². The van der Waals surface area contributed by atoms with Crippen LogP contribution in [0.4, 0.5) is 0 Å². The Morgan fingerprint density at radius 3 is 2.90 bits per heavy atom. The molecule has 0 bridgehead atoms. The van der Waals surface area contributed by atoms with Crippen molar-refractivity contribution in [3.63, 3.8) is 0 Å². The van der Waals surface area contributed by atoms with E-state index in [4.69, 9.17) is 16.3 Å². The van der Waals surface area contributed by atoms with Gasteiger partial charge in [-0.15, -0.1) is 11.6 Å². The molecule has 20 heavy (non-hydrogen) atoms. The monoisotopic (exact) mass is 298 g/mol. The summed E-state index contributed by atoms with van der Waals surface area (Å²) in [7, 11) is 1.66. The zero-order valence-corrected chi connectivity index (χ0v) is 12.4. The molecular formula is C13H19ClN4O2. The second-order valence-electron chi connectivity index (χ2n) is 5.57. The van der Waals surface area contributed by atoms with Gasteiger partial charge < -0.3 is 9.64 Å². The summed E-state index contributed by atoms with van der Waals surface area (Å²) in [5.41, 5.74) is 0. The number of alkyl halides is 1. The molecule has 2 fully saturated rings. The van der Waals surface area contributed by atoms with E-state index in [0.29, 0.717) is 12.5 Å². The minimum atomic E-state index is -0.543. The number of rotatable bonds is 4. The summed E-state index contributed by atoms with van der Waals surface area (Å²) in [5, 5.41) is 6.71. The van der Waals surface area contributed by atoms with Gasteiger partial charge in [0.2, 0.25) is 5.91 Å². The minimum Gasteiger partial charge on any atom is -0.380 e. The first kappa shape index (κ1) is 13.8. The molecule has 1 amide bonds. The highest BCUT2D eigenvalue weighted by atomic mass is 35.5. The number of halogens is 1. The lowest BCUT2D eigenvalue weighted by Gasteiger charge is -2.23. The Bertz CT molecular complexity index is 500. The Morgan fingerprint density at radius 2 is 2.30 bits per heavy atom. The fraction of sp³-hybridized carbons (Fsp3) is 0.769. The maximum Gasteiger partial charge on any atom is 0.241 e. The van der Waals surface area contributed by atoms with E-state index in [2.05, 4.69) is 15.2 Å². The number of likely N-dealkylation sites (tertiary alicyclic amines) is 1. The first-order valence-electron chi connectivity index (χ1n) is 6.99. The lowest BCUT2D eigenvalue weighted by Crippen LogP contribution is -2.36. The summed E-state index contributed by atoms with van der Waals surface area (Å²) in [4.78, 5) is 18.5. The van der Waals surface area contributed by atoms with E-state index < -0.39 is 5.38 Å². The van der Waals surface area contributed by atoms with E-state index in [1.165, 1.54) is 0 Å². The van der Waals surface area contributed by atoms with Gasteiger partial charge >= 0.3 is 0 Å². The van der Waals surface area contributed by atoms with Crippen LogP contribution in [0.5, 0.6) is 0 Å². The van der Waals surface area contributed by atoms with Crippen LogP contribution in [0.3, 0.4) is 0 Å². The van der Waals surface area contributed by atoms with Crippen molar-refractivity contribution in [1.82, 2.24) is 20.1 Å². The predicted molar refractivity (Wildman–Crippen MR) is 73.5 cm³/mol. The average Bonchev–Trinajstić information content (AvgIpc) is 3.02. The van der Waals surface area contributed by atoms with Gasteiger partial charge in [-0.05, 0) is 19.8 Å². The fourth-order valence-corrected chi connectivity index (χ4v) is 2.79. The molecule has 1 saturated heterocycles. The van der Waals surface area contributed by atoms with Gasteiger partial charge in [0.15, 0.2) is 5.82 Å². The molecule has 1 aliphatic heterocycles. The maximum absolute atomic E-state index is 12.2. The SMILES string of the molecule is CO[C@@H]1C[C@@H](c2nc(C3CC3)n[nH]2)N(C(=O)C(C)Cl)C1. The van der Waals surface area contributed by atoms with Gasteiger partial charge in [-0.3, -0.25) is 9.89 Å². The second kappa shape index (κ2) is 5.33. The van der Waals surface area contributed by atoms with Gasteiger partial charge in [0.1, 0.15) is 11.2 Å². The number of hydrogen-bond donors (Lipinski definition) is 1. The molecule has 6 nitrogen and oxygen atoms in total. The molecule has 2 heterocycles. The van der Waals surface area contributed by atoms with E-state index in [1.807, 2.05) is 0 Å². The van der Waals surface area contributed by atoms with E-state index in [9.17, 15) is 4.79 Å². The van der Waals surface area contributed by atoms with Crippen LogP contribution in [0, 0.1) is 0 Å². The van der Waals surface area contributed by atoms with Crippen LogP contribution in [-0.4, -0.2) is 51.1 Å². The van der Waals surface area contributed by atoms with Gasteiger partial charge in [0.05, 0.1) is 12.1 Å². The summed E-state index contributed by atoms with van der Waals surface area (Å²) in [6.07, 6.45) is 3.06. The Labute approximate surface area is 122 Å². The van der Waals surface area contributed by atoms with Crippen LogP contribution in [-0.2, 0) is 9.53 Å². The van der Waals surface area contributed by atoms with Crippen molar-refractivity contribution in [1.29, 1.82) is 0 Å². The molecule has 1 saturated carbocycles. The van der Waals surface area contributed by atoms with Gasteiger partial charge in [-0.25, -0.2) is 4.98 Å². The Hall–Kier alpha value is -1.14. The molecule has 0 spiro atoms. The van der Waals surface area contributed by atoms with Gasteiger partial charge in [-0.2, -0.15) is 5.10 Å². The molecule has 1 aliphatic carbocycles. The average molecular weight is 299 g/mol. The Morgan fingerprint density at radius 1 is 1.55 bits per heavy atom. The van der Waals surface area contributed by atoms with Gasteiger partial charge in [0.25, 0.3) is 0 Å². The van der Waals surface area contributed by atoms with E-state index in [1.54, 1.807) is 18.9 Å². The molecular weight excluding hydrogens is 280 g/mol. The van der Waals surface area contributed by atoms with Crippen molar-refractivity contribution >= 4 is 17.5 Å². The maximum atomic E-state index is 12.2. The van der Waals surface area contributed by atoms with Crippen molar-refractivity contribution in [2.75, 3.05) is 13.7 Å². The standard InChI is InChI=1S/C13H19ClN4O2/c1-7(14)13(19)18-6-9(20-2)5-10(18)12-15-11(16-17-12)8-3-4-8/h7-10H,3-6H2,1-2H3,(H,15,16,17)/t7?,9-,10+/m1/s1. The summed E-state index contributed by atoms with van der Waals surface area (Å²) < 4.78 is 5.39. The van der Waals surface area contributed by atoms with Crippen LogP contribution in [0.15, 0.2) is 0 Å². The highest BCUT2D eigenvalue weighted by Gasteiger charge is 2.40. The van der Waals surface area contributed by atoms with Crippen molar-refractivity contribution in [3.05, 3.63) is 11.6 Å². The first-order chi connectivity index (χ1) is 9.60. The molecule has 1 aromatic heterocycles. The normalized spacial score (nSPS) is 27.9. The minimum absolute atomic E-state index is 0.0221. The zero-order chi connectivity index (χ0) is 14.3. The van der Waals surface area contributed by atoms with Gasteiger partial charge in [0, 0.05) is 26.0 Å². The molecule has 0 radical (unpaired) electrons. The number of nitrogens with one attached hydrogen (secondary N) is 1. The van der Waals surface area contributed by atoms with Crippen LogP contribution in [0.25, 0.3) is 0 Å². The van der Waals surface area contributed by atoms with Crippen molar-refractivity contribution in [3.8, 4) is 0 Å². The number of amides is 1. The van der Waals surface area contributed by atoms with Crippen molar-refractivity contribution < 1.29 is 9.53 Å². The summed E-state index contributed by atoms with van der Waals surface area (Å²) in [6.45, 7) is 2.24. The summed E-state index contributed by atoms with van der Waals surface area (Å²) >= 11 is 5.94. The Balaban J connectivity index is 1.81. The number of H-pyrrole nitrogens is 1. The highest BCUT2D eigenvalue weighted by Crippen LogP contribution is 2.39. The topological polar surface area (TPSA) is 71.1 Å². The van der Waals surface area contributed by atoms with Crippen molar-refractivity contribution in [2.45, 2.75) is 49.6 Å².